The Morgan fingerprint density at radius 1 is 1.20 bits per heavy atom. The summed E-state index contributed by atoms with van der Waals surface area (Å²) >= 11 is 0. The third-order valence-electron chi connectivity index (χ3n) is 3.00. The zero-order chi connectivity index (χ0) is 14.2. The molecule has 4 nitrogen and oxygen atoms in total. The molecule has 0 saturated heterocycles. The zero-order valence-electron chi connectivity index (χ0n) is 11.5. The van der Waals surface area contributed by atoms with Gasteiger partial charge in [0.15, 0.2) is 0 Å². The molecule has 0 aliphatic carbocycles. The van der Waals surface area contributed by atoms with Gasteiger partial charge in [0, 0.05) is 18.3 Å². The van der Waals surface area contributed by atoms with E-state index in [4.69, 9.17) is 9.94 Å². The highest BCUT2D eigenvalue weighted by Gasteiger charge is 2.02. The Hall–Kier alpha value is -2.36. The van der Waals surface area contributed by atoms with Crippen molar-refractivity contribution in [3.63, 3.8) is 0 Å². The van der Waals surface area contributed by atoms with Crippen LogP contribution in [0.4, 0.5) is 0 Å². The number of ether oxygens (including phenoxy) is 1. The van der Waals surface area contributed by atoms with E-state index in [1.165, 1.54) is 0 Å². The molecule has 0 radical (unpaired) electrons. The number of nitrogens with zero attached hydrogens (tertiary/aromatic N) is 2. The fraction of sp³-hybridized carbons (Fsp3) is 0.250. The Labute approximate surface area is 118 Å². The Balaban J connectivity index is 1.88. The summed E-state index contributed by atoms with van der Waals surface area (Å²) in [5.74, 6) is 0.804. The second kappa shape index (κ2) is 7.28. The fourth-order valence-electron chi connectivity index (χ4n) is 1.90. The second-order valence-electron chi connectivity index (χ2n) is 4.34. The molecule has 104 valence electrons. The summed E-state index contributed by atoms with van der Waals surface area (Å²) in [6.45, 7) is 2.54. The van der Waals surface area contributed by atoms with E-state index >= 15 is 0 Å². The predicted octanol–water partition coefficient (Wildman–Crippen LogP) is 3.29. The largest absolute Gasteiger partial charge is 0.493 e. The van der Waals surface area contributed by atoms with Crippen molar-refractivity contribution in [1.82, 2.24) is 4.98 Å². The van der Waals surface area contributed by atoms with Crippen LogP contribution < -0.4 is 4.74 Å². The van der Waals surface area contributed by atoms with E-state index in [2.05, 4.69) is 10.1 Å². The molecule has 0 saturated carbocycles. The molecule has 4 heteroatoms. The Morgan fingerprint density at radius 3 is 2.60 bits per heavy atom. The van der Waals surface area contributed by atoms with Crippen molar-refractivity contribution >= 4 is 5.71 Å². The van der Waals surface area contributed by atoms with Crippen LogP contribution in [0.25, 0.3) is 0 Å². The minimum Gasteiger partial charge on any atom is -0.493 e. The zero-order valence-corrected chi connectivity index (χ0v) is 11.5. The van der Waals surface area contributed by atoms with Crippen LogP contribution in [0.1, 0.15) is 24.6 Å². The van der Waals surface area contributed by atoms with E-state index in [1.54, 1.807) is 6.20 Å². The standard InChI is InChI=1S/C16H18N2O2/c1-2-16(18-19)13-6-8-15(9-7-13)20-12-10-14-5-3-4-11-17-14/h3-9,11,19H,2,10,12H2,1H3/b18-16+. The Bertz CT molecular complexity index is 550. The summed E-state index contributed by atoms with van der Waals surface area (Å²) in [6.07, 6.45) is 3.25. The molecule has 0 aliphatic rings. The van der Waals surface area contributed by atoms with Crippen molar-refractivity contribution in [2.75, 3.05) is 6.61 Å². The molecule has 0 spiro atoms. The maximum atomic E-state index is 8.87. The molecule has 0 unspecified atom stereocenters. The normalized spacial score (nSPS) is 11.3. The van der Waals surface area contributed by atoms with Crippen molar-refractivity contribution in [2.45, 2.75) is 19.8 Å². The van der Waals surface area contributed by atoms with Crippen LogP contribution in [0.2, 0.25) is 0 Å². The summed E-state index contributed by atoms with van der Waals surface area (Å²) in [5, 5.41) is 12.1. The minimum atomic E-state index is 0.588. The lowest BCUT2D eigenvalue weighted by atomic mass is 10.1. The van der Waals surface area contributed by atoms with Crippen LogP contribution in [0.15, 0.2) is 53.8 Å². The number of rotatable bonds is 6. The molecule has 0 bridgehead atoms. The number of benzene rings is 1. The van der Waals surface area contributed by atoms with Crippen molar-refractivity contribution < 1.29 is 9.94 Å². The lowest BCUT2D eigenvalue weighted by Crippen LogP contribution is -2.03. The van der Waals surface area contributed by atoms with E-state index < -0.39 is 0 Å². The van der Waals surface area contributed by atoms with Crippen LogP contribution in [0.5, 0.6) is 5.75 Å². The summed E-state index contributed by atoms with van der Waals surface area (Å²) in [4.78, 5) is 4.25. The quantitative estimate of drug-likeness (QED) is 0.498. The third-order valence-corrected chi connectivity index (χ3v) is 3.00. The summed E-state index contributed by atoms with van der Waals surface area (Å²) in [5.41, 5.74) is 2.60. The van der Waals surface area contributed by atoms with E-state index in [1.807, 2.05) is 49.4 Å². The summed E-state index contributed by atoms with van der Waals surface area (Å²) in [6, 6.07) is 13.4. The molecular formula is C16H18N2O2. The molecule has 2 rings (SSSR count). The molecular weight excluding hydrogens is 252 g/mol. The average molecular weight is 270 g/mol. The Kier molecular flexibility index (Phi) is 5.12. The van der Waals surface area contributed by atoms with Gasteiger partial charge in [0.05, 0.1) is 12.3 Å². The van der Waals surface area contributed by atoms with Crippen LogP contribution in [0.3, 0.4) is 0 Å². The number of hydrogen-bond acceptors (Lipinski definition) is 4. The smallest absolute Gasteiger partial charge is 0.119 e. The molecule has 20 heavy (non-hydrogen) atoms. The molecule has 0 atom stereocenters. The minimum absolute atomic E-state index is 0.588. The number of aromatic nitrogens is 1. The van der Waals surface area contributed by atoms with Gasteiger partial charge in [-0.1, -0.05) is 18.1 Å². The topological polar surface area (TPSA) is 54.7 Å². The first kappa shape index (κ1) is 14.1. The molecule has 0 fully saturated rings. The van der Waals surface area contributed by atoms with Crippen LogP contribution in [0, 0.1) is 0 Å². The van der Waals surface area contributed by atoms with Crippen molar-refractivity contribution in [2.24, 2.45) is 5.16 Å². The molecule has 1 aromatic carbocycles. The first-order chi connectivity index (χ1) is 9.83. The maximum Gasteiger partial charge on any atom is 0.119 e. The SMILES string of the molecule is CC/C(=N\O)c1ccc(OCCc2ccccn2)cc1. The number of hydrogen-bond donors (Lipinski definition) is 1. The molecule has 1 N–H and O–H groups in total. The van der Waals surface area contributed by atoms with Gasteiger partial charge in [-0.25, -0.2) is 0 Å². The monoisotopic (exact) mass is 270 g/mol. The van der Waals surface area contributed by atoms with Gasteiger partial charge in [-0.15, -0.1) is 0 Å². The van der Waals surface area contributed by atoms with Crippen molar-refractivity contribution in [3.05, 3.63) is 59.9 Å². The lowest BCUT2D eigenvalue weighted by molar-refractivity contribution is 0.317. The molecule has 0 amide bonds. The number of pyridine rings is 1. The third kappa shape index (κ3) is 3.82. The highest BCUT2D eigenvalue weighted by molar-refractivity contribution is 6.00. The highest BCUT2D eigenvalue weighted by Crippen LogP contribution is 2.14. The molecule has 1 heterocycles. The lowest BCUT2D eigenvalue weighted by Gasteiger charge is -2.07. The first-order valence-electron chi connectivity index (χ1n) is 6.67. The average Bonchev–Trinajstić information content (AvgIpc) is 2.51. The van der Waals surface area contributed by atoms with Gasteiger partial charge in [-0.2, -0.15) is 0 Å². The Morgan fingerprint density at radius 2 is 2.00 bits per heavy atom. The van der Waals surface area contributed by atoms with E-state index in [9.17, 15) is 0 Å². The van der Waals surface area contributed by atoms with Crippen LogP contribution >= 0.6 is 0 Å². The van der Waals surface area contributed by atoms with E-state index in [0.717, 1.165) is 23.4 Å². The fourth-order valence-corrected chi connectivity index (χ4v) is 1.90. The van der Waals surface area contributed by atoms with Gasteiger partial charge < -0.3 is 9.94 Å². The van der Waals surface area contributed by atoms with Crippen LogP contribution in [-0.2, 0) is 6.42 Å². The van der Waals surface area contributed by atoms with Gasteiger partial charge in [0.2, 0.25) is 0 Å². The number of oxime groups is 1. The van der Waals surface area contributed by atoms with E-state index in [-0.39, 0.29) is 0 Å². The van der Waals surface area contributed by atoms with Gasteiger partial charge >= 0.3 is 0 Å². The molecule has 0 aliphatic heterocycles. The molecule has 1 aromatic heterocycles. The van der Waals surface area contributed by atoms with E-state index in [0.29, 0.717) is 18.7 Å². The van der Waals surface area contributed by atoms with Crippen LogP contribution in [-0.4, -0.2) is 22.5 Å². The van der Waals surface area contributed by atoms with Gasteiger partial charge in [-0.3, -0.25) is 4.98 Å². The highest BCUT2D eigenvalue weighted by atomic mass is 16.5. The summed E-state index contributed by atoms with van der Waals surface area (Å²) in [7, 11) is 0. The summed E-state index contributed by atoms with van der Waals surface area (Å²) < 4.78 is 5.67. The van der Waals surface area contributed by atoms with Gasteiger partial charge in [0.25, 0.3) is 0 Å². The van der Waals surface area contributed by atoms with Gasteiger partial charge in [-0.05, 0) is 48.4 Å². The predicted molar refractivity (Wildman–Crippen MR) is 78.5 cm³/mol. The second-order valence-corrected chi connectivity index (χ2v) is 4.34. The first-order valence-corrected chi connectivity index (χ1v) is 6.67. The molecule has 2 aromatic rings. The van der Waals surface area contributed by atoms with Crippen molar-refractivity contribution in [1.29, 1.82) is 0 Å². The maximum absolute atomic E-state index is 8.87. The van der Waals surface area contributed by atoms with Gasteiger partial charge in [0.1, 0.15) is 5.75 Å². The van der Waals surface area contributed by atoms with Crippen molar-refractivity contribution in [3.8, 4) is 5.75 Å².